The van der Waals surface area contributed by atoms with Gasteiger partial charge in [-0.1, -0.05) is 0 Å². The van der Waals surface area contributed by atoms with Gasteiger partial charge < -0.3 is 4.74 Å². The molecule has 0 aliphatic rings. The molecule has 0 N–H and O–H groups in total. The fourth-order valence-electron chi connectivity index (χ4n) is 4.04. The number of nitrogens with zero attached hydrogens (tertiary/aromatic N) is 6. The highest BCUT2D eigenvalue weighted by atomic mass is 16.5. The van der Waals surface area contributed by atoms with E-state index in [2.05, 4.69) is 15.1 Å². The first-order valence-electron chi connectivity index (χ1n) is 10.1. The molecule has 0 aliphatic heterocycles. The third kappa shape index (κ3) is 2.83. The van der Waals surface area contributed by atoms with Gasteiger partial charge in [0.15, 0.2) is 0 Å². The zero-order valence-electron chi connectivity index (χ0n) is 17.8. The molecule has 8 heteroatoms. The van der Waals surface area contributed by atoms with Gasteiger partial charge >= 0.3 is 5.69 Å². The molecule has 0 atom stereocenters. The lowest BCUT2D eigenvalue weighted by Crippen LogP contribution is -2.21. The first-order chi connectivity index (χ1) is 15.0. The first-order valence-corrected chi connectivity index (χ1v) is 10.1. The fourth-order valence-corrected chi connectivity index (χ4v) is 4.04. The SMILES string of the molecule is CCn1cc(-c2cc3c(cc2OC)ncc2c3n(-c3ccncc3C)c(=O)n2C)cn1. The summed E-state index contributed by atoms with van der Waals surface area (Å²) in [4.78, 5) is 22.0. The average molecular weight is 414 g/mol. The molecule has 0 saturated heterocycles. The number of benzene rings is 1. The van der Waals surface area contributed by atoms with Crippen molar-refractivity contribution < 1.29 is 4.74 Å². The van der Waals surface area contributed by atoms with Gasteiger partial charge in [-0.3, -0.25) is 23.8 Å². The van der Waals surface area contributed by atoms with Crippen molar-refractivity contribution in [3.05, 3.63) is 65.2 Å². The molecule has 1 aromatic carbocycles. The van der Waals surface area contributed by atoms with Crippen LogP contribution in [0, 0.1) is 6.92 Å². The molecule has 5 rings (SSSR count). The van der Waals surface area contributed by atoms with E-state index in [0.29, 0.717) is 5.75 Å². The van der Waals surface area contributed by atoms with Crippen LogP contribution in [0.1, 0.15) is 12.5 Å². The molecule has 8 nitrogen and oxygen atoms in total. The van der Waals surface area contributed by atoms with Crippen LogP contribution < -0.4 is 10.4 Å². The summed E-state index contributed by atoms with van der Waals surface area (Å²) in [5.74, 6) is 0.708. The van der Waals surface area contributed by atoms with Crippen molar-refractivity contribution in [1.82, 2.24) is 28.9 Å². The van der Waals surface area contributed by atoms with E-state index in [1.165, 1.54) is 0 Å². The minimum Gasteiger partial charge on any atom is -0.496 e. The highest BCUT2D eigenvalue weighted by molar-refractivity contribution is 6.05. The fraction of sp³-hybridized carbons (Fsp3) is 0.217. The van der Waals surface area contributed by atoms with Gasteiger partial charge in [0.1, 0.15) is 5.75 Å². The Morgan fingerprint density at radius 3 is 2.71 bits per heavy atom. The Labute approximate surface area is 178 Å². The molecule has 0 bridgehead atoms. The summed E-state index contributed by atoms with van der Waals surface area (Å²) < 4.78 is 10.9. The van der Waals surface area contributed by atoms with Crippen LogP contribution in [0.3, 0.4) is 0 Å². The van der Waals surface area contributed by atoms with Crippen LogP contribution in [-0.4, -0.2) is 36.0 Å². The number of methoxy groups -OCH3 is 1. The van der Waals surface area contributed by atoms with Crippen LogP contribution in [0.15, 0.2) is 54.0 Å². The van der Waals surface area contributed by atoms with Crippen molar-refractivity contribution in [2.75, 3.05) is 7.11 Å². The molecule has 31 heavy (non-hydrogen) atoms. The number of ether oxygens (including phenoxy) is 1. The van der Waals surface area contributed by atoms with Crippen LogP contribution in [0.4, 0.5) is 0 Å². The predicted molar refractivity (Wildman–Crippen MR) is 120 cm³/mol. The van der Waals surface area contributed by atoms with Crippen molar-refractivity contribution in [2.24, 2.45) is 7.05 Å². The Balaban J connectivity index is 1.92. The summed E-state index contributed by atoms with van der Waals surface area (Å²) in [6, 6.07) is 5.81. The third-order valence-electron chi connectivity index (χ3n) is 5.70. The highest BCUT2D eigenvalue weighted by Gasteiger charge is 2.19. The normalized spacial score (nSPS) is 11.5. The van der Waals surface area contributed by atoms with E-state index in [0.717, 1.165) is 50.9 Å². The van der Waals surface area contributed by atoms with E-state index < -0.39 is 0 Å². The number of imidazole rings is 1. The van der Waals surface area contributed by atoms with Gasteiger partial charge in [0.25, 0.3) is 0 Å². The predicted octanol–water partition coefficient (Wildman–Crippen LogP) is 3.47. The summed E-state index contributed by atoms with van der Waals surface area (Å²) in [7, 11) is 3.41. The Kier molecular flexibility index (Phi) is 4.35. The second-order valence-corrected chi connectivity index (χ2v) is 7.49. The van der Waals surface area contributed by atoms with Crippen LogP contribution in [0.2, 0.25) is 0 Å². The van der Waals surface area contributed by atoms with Crippen molar-refractivity contribution in [3.8, 4) is 22.6 Å². The number of hydrogen-bond donors (Lipinski definition) is 0. The maximum absolute atomic E-state index is 13.2. The van der Waals surface area contributed by atoms with Crippen molar-refractivity contribution in [1.29, 1.82) is 0 Å². The third-order valence-corrected chi connectivity index (χ3v) is 5.70. The van der Waals surface area contributed by atoms with Gasteiger partial charge in [-0.2, -0.15) is 5.10 Å². The summed E-state index contributed by atoms with van der Waals surface area (Å²) in [6.45, 7) is 4.77. The van der Waals surface area contributed by atoms with E-state index in [9.17, 15) is 4.79 Å². The molecular weight excluding hydrogens is 392 g/mol. The molecule has 0 spiro atoms. The van der Waals surface area contributed by atoms with Gasteiger partial charge in [0, 0.05) is 54.8 Å². The molecule has 0 radical (unpaired) electrons. The molecule has 0 saturated carbocycles. The molecular formula is C23H22N6O2. The number of fused-ring (bicyclic) bond motifs is 3. The topological polar surface area (TPSA) is 79.8 Å². The highest BCUT2D eigenvalue weighted by Crippen LogP contribution is 2.36. The van der Waals surface area contributed by atoms with Crippen molar-refractivity contribution >= 4 is 21.9 Å². The standard InChI is InChI=1S/C23H22N6O2/c1-5-28-13-15(11-26-28)16-8-17-18(9-21(16)31-4)25-12-20-22(17)29(23(30)27(20)3)19-6-7-24-10-14(19)2/h6-13H,5H2,1-4H3. The summed E-state index contributed by atoms with van der Waals surface area (Å²) in [6.07, 6.45) is 9.01. The number of aromatic nitrogens is 6. The number of hydrogen-bond acceptors (Lipinski definition) is 5. The van der Waals surface area contributed by atoms with Gasteiger partial charge in [-0.15, -0.1) is 0 Å². The van der Waals surface area contributed by atoms with Gasteiger partial charge in [-0.25, -0.2) is 4.79 Å². The largest absolute Gasteiger partial charge is 0.496 e. The maximum Gasteiger partial charge on any atom is 0.333 e. The van der Waals surface area contributed by atoms with Crippen LogP contribution in [0.5, 0.6) is 5.75 Å². The monoisotopic (exact) mass is 414 g/mol. The van der Waals surface area contributed by atoms with Gasteiger partial charge in [0.2, 0.25) is 0 Å². The van der Waals surface area contributed by atoms with Crippen LogP contribution in [0.25, 0.3) is 38.8 Å². The first kappa shape index (κ1) is 19.0. The van der Waals surface area contributed by atoms with Crippen LogP contribution >= 0.6 is 0 Å². The Hall–Kier alpha value is -3.94. The average Bonchev–Trinajstić information content (AvgIpc) is 3.37. The second-order valence-electron chi connectivity index (χ2n) is 7.49. The zero-order chi connectivity index (χ0) is 21.7. The smallest absolute Gasteiger partial charge is 0.333 e. The lowest BCUT2D eigenvalue weighted by atomic mass is 10.0. The maximum atomic E-state index is 13.2. The molecule has 156 valence electrons. The molecule has 4 aromatic heterocycles. The van der Waals surface area contributed by atoms with Gasteiger partial charge in [-0.05, 0) is 31.5 Å². The van der Waals surface area contributed by atoms with Crippen LogP contribution in [-0.2, 0) is 13.6 Å². The Morgan fingerprint density at radius 1 is 1.16 bits per heavy atom. The van der Waals surface area contributed by atoms with E-state index in [1.807, 2.05) is 49.1 Å². The van der Waals surface area contributed by atoms with E-state index >= 15 is 0 Å². The van der Waals surface area contributed by atoms with E-state index in [-0.39, 0.29) is 5.69 Å². The van der Waals surface area contributed by atoms with Crippen molar-refractivity contribution in [2.45, 2.75) is 20.4 Å². The van der Waals surface area contributed by atoms with Crippen molar-refractivity contribution in [3.63, 3.8) is 0 Å². The molecule has 0 fully saturated rings. The molecule has 4 heterocycles. The molecule has 0 amide bonds. The quantitative estimate of drug-likeness (QED) is 0.450. The van der Waals surface area contributed by atoms with E-state index in [4.69, 9.17) is 4.74 Å². The summed E-state index contributed by atoms with van der Waals surface area (Å²) in [5, 5.41) is 5.27. The van der Waals surface area contributed by atoms with Gasteiger partial charge in [0.05, 0.1) is 41.7 Å². The molecule has 0 unspecified atom stereocenters. The Morgan fingerprint density at radius 2 is 2.00 bits per heavy atom. The number of aryl methyl sites for hydroxylation is 3. The summed E-state index contributed by atoms with van der Waals surface area (Å²) >= 11 is 0. The zero-order valence-corrected chi connectivity index (χ0v) is 17.8. The second kappa shape index (κ2) is 7.09. The number of pyridine rings is 2. The minimum atomic E-state index is -0.130. The lowest BCUT2D eigenvalue weighted by molar-refractivity contribution is 0.417. The molecule has 0 aliphatic carbocycles. The minimum absolute atomic E-state index is 0.130. The number of rotatable bonds is 4. The Bertz CT molecular complexity index is 1510. The lowest BCUT2D eigenvalue weighted by Gasteiger charge is -2.12. The van der Waals surface area contributed by atoms with E-state index in [1.54, 1.807) is 41.9 Å². The summed E-state index contributed by atoms with van der Waals surface area (Å²) in [5.41, 5.74) is 5.75. The molecule has 5 aromatic rings.